The summed E-state index contributed by atoms with van der Waals surface area (Å²) in [5.41, 5.74) is 0.591. The molecule has 0 bridgehead atoms. The van der Waals surface area contributed by atoms with Crippen molar-refractivity contribution in [3.8, 4) is 0 Å². The third kappa shape index (κ3) is 15.4. The van der Waals surface area contributed by atoms with Gasteiger partial charge in [-0.2, -0.15) is 0 Å². The second kappa shape index (κ2) is 22.1. The van der Waals surface area contributed by atoms with Crippen LogP contribution in [0.1, 0.15) is 139 Å². The molecule has 14 heteroatoms. The lowest BCUT2D eigenvalue weighted by Gasteiger charge is -2.44. The molecule has 0 spiro atoms. The molecule has 2 heterocycles. The molecule has 0 aliphatic carbocycles. The average Bonchev–Trinajstić information content (AvgIpc) is 3.61. The van der Waals surface area contributed by atoms with Crippen molar-refractivity contribution in [2.45, 2.75) is 250 Å². The highest BCUT2D eigenvalue weighted by Crippen LogP contribution is 2.46. The summed E-state index contributed by atoms with van der Waals surface area (Å²) in [5, 5.41) is 2.89. The highest BCUT2D eigenvalue weighted by Gasteiger charge is 2.57. The van der Waals surface area contributed by atoms with E-state index in [1.165, 1.54) is 25.7 Å². The Hall–Kier alpha value is -0.762. The van der Waals surface area contributed by atoms with E-state index in [9.17, 15) is 4.79 Å². The molecule has 63 heavy (non-hydrogen) atoms. The zero-order valence-corrected chi connectivity index (χ0v) is 48.0. The van der Waals surface area contributed by atoms with Gasteiger partial charge in [0.2, 0.25) is 0 Å². The molecule has 3 rings (SSSR count). The average molecular weight is 955 g/mol. The van der Waals surface area contributed by atoms with Crippen molar-refractivity contribution in [1.82, 2.24) is 5.32 Å². The van der Waals surface area contributed by atoms with E-state index in [4.69, 9.17) is 36.7 Å². The number of amides is 1. The van der Waals surface area contributed by atoms with E-state index in [0.717, 1.165) is 12.8 Å². The number of rotatable bonds is 22. The van der Waals surface area contributed by atoms with Crippen molar-refractivity contribution in [2.75, 3.05) is 19.8 Å². The van der Waals surface area contributed by atoms with Crippen molar-refractivity contribution in [3.05, 3.63) is 35.9 Å². The fourth-order valence-corrected chi connectivity index (χ4v) is 11.9. The van der Waals surface area contributed by atoms with E-state index < -0.39 is 82.5 Å². The summed E-state index contributed by atoms with van der Waals surface area (Å²) in [6.07, 6.45) is 2.67. The lowest BCUT2D eigenvalue weighted by molar-refractivity contribution is -0.202. The van der Waals surface area contributed by atoms with Gasteiger partial charge in [-0.1, -0.05) is 140 Å². The van der Waals surface area contributed by atoms with Gasteiger partial charge in [-0.05, 0) is 91.1 Å². The highest BCUT2D eigenvalue weighted by atomic mass is 28.4. The van der Waals surface area contributed by atoms with Crippen LogP contribution in [0, 0.1) is 0 Å². The number of carbonyl (C=O) groups is 1. The predicted molar refractivity (Wildman–Crippen MR) is 270 cm³/mol. The molecule has 1 N–H and O–H groups in total. The summed E-state index contributed by atoms with van der Waals surface area (Å²) in [7, 11) is -9.51. The SMILES string of the molecule is CCCCCCCCO[C@H]1O[C@H](CO[C@H]2O[C@H](CNC(=O)c3ccccc3)[C@@H](O[Si](C)(C)C(C)(C)C)[C@@H]2O[Si](C)(C)C(C)(C)C)[C@@H](O[Si](C)(C)C(C)(C)C)[C@@H]1O[Si](C)(C)C(C)(C)C. The van der Waals surface area contributed by atoms with Crippen LogP contribution in [0.25, 0.3) is 0 Å². The van der Waals surface area contributed by atoms with Gasteiger partial charge in [0.1, 0.15) is 36.6 Å². The zero-order chi connectivity index (χ0) is 48.0. The van der Waals surface area contributed by atoms with Crippen LogP contribution in [0.5, 0.6) is 0 Å². The van der Waals surface area contributed by atoms with Gasteiger partial charge in [0.25, 0.3) is 5.91 Å². The number of benzene rings is 1. The molecule has 10 nitrogen and oxygen atoms in total. The Bertz CT molecular complexity index is 1550. The summed E-state index contributed by atoms with van der Waals surface area (Å²) < 4.78 is 57.0. The van der Waals surface area contributed by atoms with E-state index in [1.54, 1.807) is 0 Å². The van der Waals surface area contributed by atoms with E-state index in [1.807, 2.05) is 30.3 Å². The first-order valence-corrected chi connectivity index (χ1v) is 35.9. The summed E-state index contributed by atoms with van der Waals surface area (Å²) in [6.45, 7) is 48.5. The molecule has 2 fully saturated rings. The smallest absolute Gasteiger partial charge is 0.251 e. The summed E-state index contributed by atoms with van der Waals surface area (Å²) in [6, 6.07) is 9.29. The van der Waals surface area contributed by atoms with Gasteiger partial charge in [0.05, 0.1) is 6.61 Å². The molecular weight excluding hydrogens is 859 g/mol. The Morgan fingerprint density at radius 2 is 0.921 bits per heavy atom. The number of nitrogens with one attached hydrogen (secondary N) is 1. The van der Waals surface area contributed by atoms with Crippen LogP contribution in [-0.2, 0) is 36.7 Å². The minimum absolute atomic E-state index is 0.0387. The molecule has 1 aromatic carbocycles. The van der Waals surface area contributed by atoms with Gasteiger partial charge < -0.3 is 42.0 Å². The first kappa shape index (κ1) is 56.6. The summed E-state index contributed by atoms with van der Waals surface area (Å²) in [4.78, 5) is 13.5. The maximum Gasteiger partial charge on any atom is 0.251 e. The third-order valence-corrected chi connectivity index (χ3v) is 33.1. The maximum absolute atomic E-state index is 13.5. The molecule has 0 saturated carbocycles. The van der Waals surface area contributed by atoms with E-state index >= 15 is 0 Å². The number of hydrogen-bond acceptors (Lipinski definition) is 9. The standard InChI is InChI=1S/C49H95NO9Si4/c1-22-23-24-25-26-30-33-52-44-42(59-63(20,21)49(11,12)13)40(57-61(16,17)47(5,6)7)38(55-44)35-53-45-41(58-62(18,19)48(8,9)10)39(56-60(14,15)46(2,3)4)37(54-45)34-50-43(51)36-31-28-27-29-32-36/h27-29,31-32,37-42,44-45H,22-26,30,33-35H2,1-21H3,(H,50,51)/t37-,38-,39-,40-,41+,42+,44+,45+/m1/s1. The molecule has 8 atom stereocenters. The van der Waals surface area contributed by atoms with Crippen LogP contribution in [0.15, 0.2) is 30.3 Å². The minimum atomic E-state index is -2.42. The Balaban J connectivity index is 2.08. The van der Waals surface area contributed by atoms with Gasteiger partial charge in [-0.25, -0.2) is 0 Å². The topological polar surface area (TPSA) is 103 Å². The first-order valence-electron chi connectivity index (χ1n) is 24.2. The van der Waals surface area contributed by atoms with Crippen LogP contribution in [-0.4, -0.2) is 108 Å². The molecule has 1 aromatic rings. The molecule has 0 aromatic heterocycles. The molecule has 0 unspecified atom stereocenters. The van der Waals surface area contributed by atoms with Crippen LogP contribution < -0.4 is 5.32 Å². The monoisotopic (exact) mass is 954 g/mol. The maximum atomic E-state index is 13.5. The van der Waals surface area contributed by atoms with Crippen molar-refractivity contribution in [3.63, 3.8) is 0 Å². The van der Waals surface area contributed by atoms with Crippen LogP contribution in [0.4, 0.5) is 0 Å². The van der Waals surface area contributed by atoms with Crippen molar-refractivity contribution in [1.29, 1.82) is 0 Å². The molecule has 2 aliphatic rings. The second-order valence-corrected chi connectivity index (χ2v) is 43.5. The lowest BCUT2D eigenvalue weighted by atomic mass is 10.1. The van der Waals surface area contributed by atoms with E-state index in [0.29, 0.717) is 12.2 Å². The summed E-state index contributed by atoms with van der Waals surface area (Å²) >= 11 is 0. The Kier molecular flexibility index (Phi) is 19.9. The number of hydrogen-bond donors (Lipinski definition) is 1. The molecule has 2 aliphatic heterocycles. The first-order chi connectivity index (χ1) is 28.7. The Morgan fingerprint density at radius 1 is 0.540 bits per heavy atom. The molecule has 1 amide bonds. The lowest BCUT2D eigenvalue weighted by Crippen LogP contribution is -2.55. The highest BCUT2D eigenvalue weighted by molar-refractivity contribution is 6.75. The van der Waals surface area contributed by atoms with E-state index in [-0.39, 0.29) is 39.2 Å². The van der Waals surface area contributed by atoms with Crippen molar-refractivity contribution >= 4 is 39.2 Å². The molecular formula is C49H95NO9Si4. The number of unbranched alkanes of at least 4 members (excludes halogenated alkanes) is 5. The Morgan fingerprint density at radius 3 is 1.37 bits per heavy atom. The molecule has 366 valence electrons. The van der Waals surface area contributed by atoms with Crippen LogP contribution in [0.3, 0.4) is 0 Å². The van der Waals surface area contributed by atoms with Gasteiger partial charge >= 0.3 is 0 Å². The minimum Gasteiger partial charge on any atom is -0.408 e. The van der Waals surface area contributed by atoms with Gasteiger partial charge in [-0.15, -0.1) is 0 Å². The van der Waals surface area contributed by atoms with Crippen molar-refractivity contribution in [2.24, 2.45) is 0 Å². The summed E-state index contributed by atoms with van der Waals surface area (Å²) in [5.74, 6) is -0.166. The van der Waals surface area contributed by atoms with Gasteiger partial charge in [0, 0.05) is 18.7 Å². The fourth-order valence-electron chi connectivity index (χ4n) is 6.71. The third-order valence-electron chi connectivity index (χ3n) is 15.2. The fraction of sp³-hybridized carbons (Fsp3) is 0.857. The molecule has 2 saturated heterocycles. The van der Waals surface area contributed by atoms with E-state index in [2.05, 4.69) is 148 Å². The Labute approximate surface area is 390 Å². The normalized spacial score (nSPS) is 25.8. The van der Waals surface area contributed by atoms with Gasteiger partial charge in [-0.3, -0.25) is 4.79 Å². The molecule has 0 radical (unpaired) electrons. The number of carbonyl (C=O) groups excluding carboxylic acids is 1. The predicted octanol–water partition coefficient (Wildman–Crippen LogP) is 12.8. The van der Waals surface area contributed by atoms with Gasteiger partial charge in [0.15, 0.2) is 45.8 Å². The largest absolute Gasteiger partial charge is 0.408 e. The zero-order valence-electron chi connectivity index (χ0n) is 44.0. The van der Waals surface area contributed by atoms with Crippen LogP contribution in [0.2, 0.25) is 72.5 Å². The number of ether oxygens (including phenoxy) is 4. The quantitative estimate of drug-likeness (QED) is 0.0899. The second-order valence-electron chi connectivity index (χ2n) is 24.5. The van der Waals surface area contributed by atoms with Crippen LogP contribution >= 0.6 is 0 Å². The van der Waals surface area contributed by atoms with Crippen molar-refractivity contribution < 1.29 is 41.4 Å².